The van der Waals surface area contributed by atoms with E-state index in [2.05, 4.69) is 5.32 Å². The highest BCUT2D eigenvalue weighted by Gasteiger charge is 2.35. The van der Waals surface area contributed by atoms with Gasteiger partial charge in [-0.05, 0) is 32.7 Å². The van der Waals surface area contributed by atoms with Crippen molar-refractivity contribution < 1.29 is 14.7 Å². The van der Waals surface area contributed by atoms with Crippen LogP contribution in [0.1, 0.15) is 33.1 Å². The number of rotatable bonds is 5. The van der Waals surface area contributed by atoms with E-state index in [1.165, 1.54) is 4.90 Å². The second-order valence-corrected chi connectivity index (χ2v) is 4.20. The van der Waals surface area contributed by atoms with Crippen molar-refractivity contribution in [3.8, 4) is 0 Å². The molecule has 0 spiro atoms. The number of carbonyl (C=O) groups excluding carboxylic acids is 1. The van der Waals surface area contributed by atoms with Crippen LogP contribution in [0.4, 0.5) is 0 Å². The molecule has 0 bridgehead atoms. The molecular weight excluding hydrogens is 208 g/mol. The number of carboxylic acids is 1. The van der Waals surface area contributed by atoms with Gasteiger partial charge in [0.1, 0.15) is 6.04 Å². The van der Waals surface area contributed by atoms with E-state index in [1.807, 2.05) is 6.92 Å². The highest BCUT2D eigenvalue weighted by atomic mass is 16.4. The molecule has 1 aliphatic heterocycles. The average molecular weight is 228 g/mol. The fraction of sp³-hybridized carbons (Fsp3) is 0.818. The zero-order valence-electron chi connectivity index (χ0n) is 9.90. The maximum atomic E-state index is 12.0. The van der Waals surface area contributed by atoms with E-state index in [0.29, 0.717) is 13.0 Å². The van der Waals surface area contributed by atoms with E-state index >= 15 is 0 Å². The van der Waals surface area contributed by atoms with Crippen LogP contribution in [0.3, 0.4) is 0 Å². The zero-order valence-corrected chi connectivity index (χ0v) is 9.90. The Balaban J connectivity index is 2.55. The number of likely N-dealkylation sites (tertiary alicyclic amines) is 1. The van der Waals surface area contributed by atoms with Crippen molar-refractivity contribution in [3.05, 3.63) is 0 Å². The zero-order chi connectivity index (χ0) is 12.1. The second-order valence-electron chi connectivity index (χ2n) is 4.20. The van der Waals surface area contributed by atoms with Crippen LogP contribution in [0.25, 0.3) is 0 Å². The number of amides is 1. The third-order valence-corrected chi connectivity index (χ3v) is 2.89. The van der Waals surface area contributed by atoms with Gasteiger partial charge in [0.15, 0.2) is 0 Å². The van der Waals surface area contributed by atoms with Crippen molar-refractivity contribution in [1.29, 1.82) is 0 Å². The monoisotopic (exact) mass is 228 g/mol. The Morgan fingerprint density at radius 1 is 1.56 bits per heavy atom. The van der Waals surface area contributed by atoms with Gasteiger partial charge in [-0.1, -0.05) is 6.92 Å². The molecule has 0 aromatic carbocycles. The van der Waals surface area contributed by atoms with Crippen LogP contribution in [-0.4, -0.2) is 47.1 Å². The van der Waals surface area contributed by atoms with E-state index in [-0.39, 0.29) is 11.9 Å². The van der Waals surface area contributed by atoms with Crippen molar-refractivity contribution >= 4 is 11.9 Å². The second kappa shape index (κ2) is 5.84. The Hall–Kier alpha value is -1.10. The van der Waals surface area contributed by atoms with Gasteiger partial charge in [-0.2, -0.15) is 0 Å². The highest BCUT2D eigenvalue weighted by molar-refractivity contribution is 5.87. The lowest BCUT2D eigenvalue weighted by molar-refractivity contribution is -0.148. The van der Waals surface area contributed by atoms with Gasteiger partial charge in [-0.15, -0.1) is 0 Å². The van der Waals surface area contributed by atoms with Gasteiger partial charge in [-0.25, -0.2) is 4.79 Å². The number of carbonyl (C=O) groups is 2. The largest absolute Gasteiger partial charge is 0.480 e. The predicted molar refractivity (Wildman–Crippen MR) is 60.1 cm³/mol. The summed E-state index contributed by atoms with van der Waals surface area (Å²) in [6.45, 7) is 5.15. The number of nitrogens with zero attached hydrogens (tertiary/aromatic N) is 1. The van der Waals surface area contributed by atoms with Gasteiger partial charge in [0.2, 0.25) is 5.91 Å². The van der Waals surface area contributed by atoms with Crippen molar-refractivity contribution in [2.75, 3.05) is 13.1 Å². The first kappa shape index (κ1) is 13.0. The molecule has 0 saturated carbocycles. The van der Waals surface area contributed by atoms with Crippen LogP contribution < -0.4 is 5.32 Å². The van der Waals surface area contributed by atoms with Gasteiger partial charge in [0.25, 0.3) is 0 Å². The fourth-order valence-electron chi connectivity index (χ4n) is 1.98. The van der Waals surface area contributed by atoms with E-state index in [9.17, 15) is 9.59 Å². The maximum absolute atomic E-state index is 12.0. The highest BCUT2D eigenvalue weighted by Crippen LogP contribution is 2.18. The summed E-state index contributed by atoms with van der Waals surface area (Å²) in [7, 11) is 0. The summed E-state index contributed by atoms with van der Waals surface area (Å²) < 4.78 is 0. The summed E-state index contributed by atoms with van der Waals surface area (Å²) in [5, 5.41) is 12.1. The van der Waals surface area contributed by atoms with Crippen molar-refractivity contribution in [2.45, 2.75) is 45.2 Å². The Morgan fingerprint density at radius 2 is 2.25 bits per heavy atom. The molecule has 16 heavy (non-hydrogen) atoms. The predicted octanol–water partition coefficient (Wildman–Crippen LogP) is 0.450. The quantitative estimate of drug-likeness (QED) is 0.717. The minimum atomic E-state index is -0.895. The Labute approximate surface area is 95.8 Å². The van der Waals surface area contributed by atoms with Crippen LogP contribution in [0.2, 0.25) is 0 Å². The van der Waals surface area contributed by atoms with Crippen LogP contribution in [0.15, 0.2) is 0 Å². The molecule has 1 fully saturated rings. The maximum Gasteiger partial charge on any atom is 0.326 e. The first-order valence-electron chi connectivity index (χ1n) is 5.84. The number of hydrogen-bond acceptors (Lipinski definition) is 3. The molecule has 0 aromatic rings. The first-order chi connectivity index (χ1) is 7.57. The number of hydrogen-bond donors (Lipinski definition) is 2. The molecular formula is C11H20N2O3. The van der Waals surface area contributed by atoms with Gasteiger partial charge in [0, 0.05) is 6.54 Å². The van der Waals surface area contributed by atoms with Crippen molar-refractivity contribution in [1.82, 2.24) is 10.2 Å². The molecule has 0 aromatic heterocycles. The third kappa shape index (κ3) is 2.95. The molecule has 92 valence electrons. The van der Waals surface area contributed by atoms with E-state index < -0.39 is 12.0 Å². The SMILES string of the molecule is CCCN[C@@H](C)C(=O)N1CCC[C@H]1C(=O)O. The molecule has 1 heterocycles. The minimum Gasteiger partial charge on any atom is -0.480 e. The third-order valence-electron chi connectivity index (χ3n) is 2.89. The Kier molecular flexibility index (Phi) is 4.73. The van der Waals surface area contributed by atoms with Gasteiger partial charge >= 0.3 is 5.97 Å². The standard InChI is InChI=1S/C11H20N2O3/c1-3-6-12-8(2)10(14)13-7-4-5-9(13)11(15)16/h8-9,12H,3-7H2,1-2H3,(H,15,16)/t8-,9-/m0/s1. The summed E-state index contributed by atoms with van der Waals surface area (Å²) in [6.07, 6.45) is 2.31. The van der Waals surface area contributed by atoms with Crippen LogP contribution in [0.5, 0.6) is 0 Å². The normalized spacial score (nSPS) is 22.1. The van der Waals surface area contributed by atoms with Crippen LogP contribution in [0, 0.1) is 0 Å². The molecule has 1 saturated heterocycles. The molecule has 5 nitrogen and oxygen atoms in total. The van der Waals surface area contributed by atoms with Gasteiger partial charge in [-0.3, -0.25) is 4.79 Å². The molecule has 1 aliphatic rings. The first-order valence-corrected chi connectivity index (χ1v) is 5.84. The smallest absolute Gasteiger partial charge is 0.326 e. The molecule has 0 radical (unpaired) electrons. The summed E-state index contributed by atoms with van der Waals surface area (Å²) in [4.78, 5) is 24.4. The van der Waals surface area contributed by atoms with E-state index in [4.69, 9.17) is 5.11 Å². The lowest BCUT2D eigenvalue weighted by Gasteiger charge is -2.25. The lowest BCUT2D eigenvalue weighted by atomic mass is 10.2. The van der Waals surface area contributed by atoms with E-state index in [1.54, 1.807) is 6.92 Å². The van der Waals surface area contributed by atoms with E-state index in [0.717, 1.165) is 19.4 Å². The molecule has 2 N–H and O–H groups in total. The van der Waals surface area contributed by atoms with Crippen molar-refractivity contribution in [2.24, 2.45) is 0 Å². The number of aliphatic carboxylic acids is 1. The summed E-state index contributed by atoms with van der Waals surface area (Å²) >= 11 is 0. The lowest BCUT2D eigenvalue weighted by Crippen LogP contribution is -2.49. The minimum absolute atomic E-state index is 0.0987. The molecule has 1 rings (SSSR count). The summed E-state index contributed by atoms with van der Waals surface area (Å²) in [5.41, 5.74) is 0. The molecule has 1 amide bonds. The van der Waals surface area contributed by atoms with Crippen LogP contribution in [-0.2, 0) is 9.59 Å². The molecule has 0 unspecified atom stereocenters. The summed E-state index contributed by atoms with van der Waals surface area (Å²) in [6, 6.07) is -0.918. The molecule has 2 atom stereocenters. The van der Waals surface area contributed by atoms with Crippen LogP contribution >= 0.6 is 0 Å². The average Bonchev–Trinajstić information content (AvgIpc) is 2.73. The Bertz CT molecular complexity index is 268. The molecule has 0 aliphatic carbocycles. The van der Waals surface area contributed by atoms with Crippen molar-refractivity contribution in [3.63, 3.8) is 0 Å². The van der Waals surface area contributed by atoms with Gasteiger partial charge in [0.05, 0.1) is 6.04 Å². The molecule has 5 heteroatoms. The number of carboxylic acid groups (broad SMARTS) is 1. The Morgan fingerprint density at radius 3 is 2.81 bits per heavy atom. The van der Waals surface area contributed by atoms with Gasteiger partial charge < -0.3 is 15.3 Å². The number of nitrogens with one attached hydrogen (secondary N) is 1. The summed E-state index contributed by atoms with van der Waals surface area (Å²) in [5.74, 6) is -0.994. The topological polar surface area (TPSA) is 69.6 Å². The fourth-order valence-corrected chi connectivity index (χ4v) is 1.98.